The number of ether oxygens (including phenoxy) is 1. The summed E-state index contributed by atoms with van der Waals surface area (Å²) in [5.41, 5.74) is 2.86. The van der Waals surface area contributed by atoms with E-state index in [4.69, 9.17) is 10.00 Å². The van der Waals surface area contributed by atoms with Crippen molar-refractivity contribution < 1.29 is 9.53 Å². The molecule has 3 rings (SSSR count). The number of carbonyl (C=O) groups is 1. The van der Waals surface area contributed by atoms with Crippen LogP contribution in [0.4, 0.5) is 0 Å². The van der Waals surface area contributed by atoms with Gasteiger partial charge in [-0.05, 0) is 24.6 Å². The van der Waals surface area contributed by atoms with E-state index in [2.05, 4.69) is 20.9 Å². The van der Waals surface area contributed by atoms with Crippen molar-refractivity contribution in [2.24, 2.45) is 0 Å². The fraction of sp³-hybridized carbons (Fsp3) is 0.421. The smallest absolute Gasteiger partial charge is 0.367 e. The van der Waals surface area contributed by atoms with E-state index < -0.39 is 0 Å². The number of carbonyl (C=O) groups excluding carboxylic acids is 1. The zero-order chi connectivity index (χ0) is 18.4. The largest absolute Gasteiger partial charge is 0.461 e. The van der Waals surface area contributed by atoms with Gasteiger partial charge in [-0.1, -0.05) is 12.1 Å². The van der Waals surface area contributed by atoms with Crippen LogP contribution in [0.15, 0.2) is 29.6 Å². The molecule has 1 saturated heterocycles. The Morgan fingerprint density at radius 1 is 1.19 bits per heavy atom. The molecule has 0 atom stereocenters. The monoisotopic (exact) mass is 370 g/mol. The summed E-state index contributed by atoms with van der Waals surface area (Å²) in [6, 6.07) is 9.94. The van der Waals surface area contributed by atoms with Crippen LogP contribution >= 0.6 is 11.3 Å². The predicted octanol–water partition coefficient (Wildman–Crippen LogP) is 2.51. The van der Waals surface area contributed by atoms with Crippen molar-refractivity contribution in [3.05, 3.63) is 51.5 Å². The number of nitrogens with zero attached hydrogens (tertiary/aromatic N) is 4. The van der Waals surface area contributed by atoms with Gasteiger partial charge in [0.1, 0.15) is 0 Å². The summed E-state index contributed by atoms with van der Waals surface area (Å²) in [5, 5.41) is 11.2. The molecule has 0 bridgehead atoms. The molecule has 1 aliphatic heterocycles. The minimum atomic E-state index is -0.337. The maximum atomic E-state index is 11.7. The summed E-state index contributed by atoms with van der Waals surface area (Å²) in [7, 11) is 0. The van der Waals surface area contributed by atoms with E-state index in [1.165, 1.54) is 16.9 Å². The van der Waals surface area contributed by atoms with Crippen LogP contribution in [-0.2, 0) is 17.8 Å². The maximum absolute atomic E-state index is 11.7. The molecular formula is C19H22N4O2S. The molecule has 0 N–H and O–H groups in total. The third-order valence-corrected chi connectivity index (χ3v) is 5.21. The molecule has 0 saturated carbocycles. The second-order valence-corrected chi connectivity index (χ2v) is 7.08. The normalized spacial score (nSPS) is 15.5. The molecule has 0 radical (unpaired) electrons. The van der Waals surface area contributed by atoms with Gasteiger partial charge in [-0.15, -0.1) is 11.3 Å². The summed E-state index contributed by atoms with van der Waals surface area (Å²) < 4.78 is 4.99. The van der Waals surface area contributed by atoms with Crippen LogP contribution in [0.25, 0.3) is 0 Å². The predicted molar refractivity (Wildman–Crippen MR) is 99.8 cm³/mol. The van der Waals surface area contributed by atoms with E-state index in [-0.39, 0.29) is 5.97 Å². The van der Waals surface area contributed by atoms with Crippen molar-refractivity contribution >= 4 is 17.3 Å². The van der Waals surface area contributed by atoms with Crippen molar-refractivity contribution in [1.82, 2.24) is 14.8 Å². The SMILES string of the molecule is CCOC(=O)c1nc(CN2CCN(Cc3ccc(C#N)cc3)CC2)cs1. The third kappa shape index (κ3) is 4.88. The number of benzene rings is 1. The quantitative estimate of drug-likeness (QED) is 0.728. The van der Waals surface area contributed by atoms with E-state index in [1.54, 1.807) is 6.92 Å². The van der Waals surface area contributed by atoms with Crippen molar-refractivity contribution in [1.29, 1.82) is 5.26 Å². The average molecular weight is 370 g/mol. The lowest BCUT2D eigenvalue weighted by Crippen LogP contribution is -2.45. The molecule has 2 aromatic rings. The Labute approximate surface area is 157 Å². The first-order valence-corrected chi connectivity index (χ1v) is 9.61. The highest BCUT2D eigenvalue weighted by Crippen LogP contribution is 2.15. The fourth-order valence-electron chi connectivity index (χ4n) is 2.94. The molecular weight excluding hydrogens is 348 g/mol. The Kier molecular flexibility index (Phi) is 6.34. The van der Waals surface area contributed by atoms with E-state index >= 15 is 0 Å². The number of piperazine rings is 1. The maximum Gasteiger partial charge on any atom is 0.367 e. The number of aromatic nitrogens is 1. The molecule has 0 spiro atoms. The molecule has 136 valence electrons. The molecule has 1 fully saturated rings. The number of nitriles is 1. The van der Waals surface area contributed by atoms with Crippen molar-refractivity contribution in [3.8, 4) is 6.07 Å². The molecule has 1 aromatic carbocycles. The van der Waals surface area contributed by atoms with E-state index in [0.29, 0.717) is 17.2 Å². The molecule has 2 heterocycles. The highest BCUT2D eigenvalue weighted by atomic mass is 32.1. The van der Waals surface area contributed by atoms with Gasteiger partial charge in [0.15, 0.2) is 0 Å². The molecule has 26 heavy (non-hydrogen) atoms. The van der Waals surface area contributed by atoms with Gasteiger partial charge in [0.25, 0.3) is 0 Å². The lowest BCUT2D eigenvalue weighted by molar-refractivity contribution is 0.0525. The lowest BCUT2D eigenvalue weighted by atomic mass is 10.1. The van der Waals surface area contributed by atoms with Crippen molar-refractivity contribution in [3.63, 3.8) is 0 Å². The minimum absolute atomic E-state index is 0.337. The van der Waals surface area contributed by atoms with Gasteiger partial charge in [-0.3, -0.25) is 9.80 Å². The average Bonchev–Trinajstić information content (AvgIpc) is 3.13. The summed E-state index contributed by atoms with van der Waals surface area (Å²) >= 11 is 1.35. The number of thiazole rings is 1. The zero-order valence-corrected chi connectivity index (χ0v) is 15.7. The molecule has 1 aliphatic rings. The molecule has 6 nitrogen and oxygen atoms in total. The summed E-state index contributed by atoms with van der Waals surface area (Å²) in [4.78, 5) is 20.9. The highest BCUT2D eigenvalue weighted by Gasteiger charge is 2.19. The van der Waals surface area contributed by atoms with Gasteiger partial charge in [-0.25, -0.2) is 9.78 Å². The van der Waals surface area contributed by atoms with Crippen LogP contribution in [0, 0.1) is 11.3 Å². The Bertz CT molecular complexity index is 774. The van der Waals surface area contributed by atoms with Crippen LogP contribution in [0.1, 0.15) is 33.5 Å². The van der Waals surface area contributed by atoms with Gasteiger partial charge < -0.3 is 4.74 Å². The van der Waals surface area contributed by atoms with Crippen LogP contribution in [-0.4, -0.2) is 53.5 Å². The topological polar surface area (TPSA) is 69.5 Å². The molecule has 0 aliphatic carbocycles. The number of hydrogen-bond donors (Lipinski definition) is 0. The van der Waals surface area contributed by atoms with Gasteiger partial charge in [-0.2, -0.15) is 5.26 Å². The van der Waals surface area contributed by atoms with E-state index in [1.807, 2.05) is 29.6 Å². The van der Waals surface area contributed by atoms with Gasteiger partial charge in [0.05, 0.1) is 23.9 Å². The van der Waals surface area contributed by atoms with Crippen LogP contribution in [0.3, 0.4) is 0 Å². The Balaban J connectivity index is 1.46. The van der Waals surface area contributed by atoms with Crippen LogP contribution < -0.4 is 0 Å². The molecule has 7 heteroatoms. The van der Waals surface area contributed by atoms with Crippen LogP contribution in [0.2, 0.25) is 0 Å². The molecule has 0 unspecified atom stereocenters. The number of rotatable bonds is 6. The van der Waals surface area contributed by atoms with E-state index in [9.17, 15) is 4.79 Å². The molecule has 0 amide bonds. The van der Waals surface area contributed by atoms with Gasteiger partial charge >= 0.3 is 5.97 Å². The van der Waals surface area contributed by atoms with Crippen molar-refractivity contribution in [2.75, 3.05) is 32.8 Å². The summed E-state index contributed by atoms with van der Waals surface area (Å²) in [6.07, 6.45) is 0. The Morgan fingerprint density at radius 2 is 1.85 bits per heavy atom. The van der Waals surface area contributed by atoms with Crippen molar-refractivity contribution in [2.45, 2.75) is 20.0 Å². The fourth-order valence-corrected chi connectivity index (χ4v) is 3.64. The number of esters is 1. The first-order chi connectivity index (χ1) is 12.7. The van der Waals surface area contributed by atoms with Gasteiger partial charge in [0.2, 0.25) is 5.01 Å². The highest BCUT2D eigenvalue weighted by molar-refractivity contribution is 7.11. The van der Waals surface area contributed by atoms with Crippen LogP contribution in [0.5, 0.6) is 0 Å². The third-order valence-electron chi connectivity index (χ3n) is 4.34. The zero-order valence-electron chi connectivity index (χ0n) is 14.9. The molecule has 1 aromatic heterocycles. The standard InChI is InChI=1S/C19H22N4O2S/c1-2-25-19(24)18-21-17(14-26-18)13-23-9-7-22(8-10-23)12-16-5-3-15(11-20)4-6-16/h3-6,14H,2,7-10,12-13H2,1H3. The first kappa shape index (κ1) is 18.5. The minimum Gasteiger partial charge on any atom is -0.461 e. The second-order valence-electron chi connectivity index (χ2n) is 6.23. The Hall–Kier alpha value is -2.27. The van der Waals surface area contributed by atoms with E-state index in [0.717, 1.165) is 45.0 Å². The summed E-state index contributed by atoms with van der Waals surface area (Å²) in [6.45, 7) is 7.78. The Morgan fingerprint density at radius 3 is 2.46 bits per heavy atom. The van der Waals surface area contributed by atoms with Gasteiger partial charge in [0, 0.05) is 44.6 Å². The first-order valence-electron chi connectivity index (χ1n) is 8.73. The summed E-state index contributed by atoms with van der Waals surface area (Å²) in [5.74, 6) is -0.337. The lowest BCUT2D eigenvalue weighted by Gasteiger charge is -2.34. The number of hydrogen-bond acceptors (Lipinski definition) is 7. The second kappa shape index (κ2) is 8.90.